The number of nitrogens with one attached hydrogen (secondary N) is 2. The Bertz CT molecular complexity index is 2530. The predicted molar refractivity (Wildman–Crippen MR) is 212 cm³/mol. The van der Waals surface area contributed by atoms with Crippen LogP contribution in [0.3, 0.4) is 0 Å². The highest BCUT2D eigenvalue weighted by atomic mass is 15.4. The molecule has 4 aromatic carbocycles. The number of anilines is 1. The number of allylic oxidation sites excluding steroid dienone is 5. The summed E-state index contributed by atoms with van der Waals surface area (Å²) >= 11 is 0. The molecule has 52 heavy (non-hydrogen) atoms. The summed E-state index contributed by atoms with van der Waals surface area (Å²) in [7, 11) is 0. The summed E-state index contributed by atoms with van der Waals surface area (Å²) in [5.74, 6) is 1.59. The number of aliphatic imine (C=N–C) groups is 1. The van der Waals surface area contributed by atoms with E-state index in [1.165, 1.54) is 61.0 Å². The van der Waals surface area contributed by atoms with Crippen molar-refractivity contribution < 1.29 is 0 Å². The molecule has 0 radical (unpaired) electrons. The standard InChI is InChI=1S/C47H39N5/c1-3-14-31(15-4-1)45-48-46(32-16-5-2-6-17-32)50-47(49-45)52-42-26-24-35(29-40(42)39-27-33-18-7-8-19-34(33)28-43(39)52)51-41-22-12-11-21-37(41)38-25-23-30-13-9-10-20-36(30)44(38)51/h1-17,19-23,25,27-29,33,38,44-46,48H,18,24,26H2,(H,49,50). The lowest BCUT2D eigenvalue weighted by Gasteiger charge is -2.36. The Morgan fingerprint density at radius 1 is 0.750 bits per heavy atom. The van der Waals surface area contributed by atoms with Crippen LogP contribution in [-0.2, 0) is 6.42 Å². The van der Waals surface area contributed by atoms with Gasteiger partial charge in [-0.25, -0.2) is 4.99 Å². The van der Waals surface area contributed by atoms with Gasteiger partial charge >= 0.3 is 0 Å². The van der Waals surface area contributed by atoms with Gasteiger partial charge in [-0.15, -0.1) is 0 Å². The number of hydrogen-bond donors (Lipinski definition) is 2. The van der Waals surface area contributed by atoms with Crippen molar-refractivity contribution in [1.29, 1.82) is 0 Å². The van der Waals surface area contributed by atoms with Gasteiger partial charge in [0.15, 0.2) is 0 Å². The Morgan fingerprint density at radius 3 is 2.38 bits per heavy atom. The van der Waals surface area contributed by atoms with Crippen molar-refractivity contribution in [3.05, 3.63) is 194 Å². The van der Waals surface area contributed by atoms with Crippen LogP contribution in [0, 0.1) is 5.92 Å². The van der Waals surface area contributed by atoms with Crippen LogP contribution in [0.4, 0.5) is 5.69 Å². The molecule has 0 fully saturated rings. The van der Waals surface area contributed by atoms with E-state index in [-0.39, 0.29) is 18.4 Å². The molecule has 1 aromatic heterocycles. The molecule has 0 amide bonds. The van der Waals surface area contributed by atoms with Crippen LogP contribution < -0.4 is 26.1 Å². The van der Waals surface area contributed by atoms with Crippen molar-refractivity contribution in [2.75, 3.05) is 4.90 Å². The molecule has 2 aliphatic heterocycles. The summed E-state index contributed by atoms with van der Waals surface area (Å²) in [6.07, 6.45) is 21.6. The number of rotatable bonds is 3. The summed E-state index contributed by atoms with van der Waals surface area (Å²) in [5, 5.41) is 10.2. The molecule has 0 saturated carbocycles. The smallest absolute Gasteiger partial charge is 0.206 e. The van der Waals surface area contributed by atoms with Gasteiger partial charge in [-0.2, -0.15) is 0 Å². The molecular weight excluding hydrogens is 635 g/mol. The van der Waals surface area contributed by atoms with Gasteiger partial charge in [0.1, 0.15) is 12.3 Å². The van der Waals surface area contributed by atoms with E-state index in [0.29, 0.717) is 11.8 Å². The minimum Gasteiger partial charge on any atom is -0.336 e. The zero-order chi connectivity index (χ0) is 34.2. The summed E-state index contributed by atoms with van der Waals surface area (Å²) in [4.78, 5) is 8.12. The first-order valence-electron chi connectivity index (χ1n) is 18.7. The van der Waals surface area contributed by atoms with Gasteiger partial charge in [-0.3, -0.25) is 9.88 Å². The normalized spacial score (nSPS) is 24.7. The molecule has 5 nitrogen and oxygen atoms in total. The summed E-state index contributed by atoms with van der Waals surface area (Å²) in [6, 6.07) is 39.6. The Hall–Kier alpha value is -5.91. The van der Waals surface area contributed by atoms with Crippen LogP contribution in [-0.4, -0.2) is 10.5 Å². The van der Waals surface area contributed by atoms with E-state index < -0.39 is 0 Å². The van der Waals surface area contributed by atoms with E-state index >= 15 is 0 Å². The van der Waals surface area contributed by atoms with E-state index in [0.717, 1.165) is 30.8 Å². The third-order valence-electron chi connectivity index (χ3n) is 11.8. The number of benzene rings is 4. The van der Waals surface area contributed by atoms with Crippen molar-refractivity contribution in [2.24, 2.45) is 10.9 Å². The average Bonchev–Trinajstić information content (AvgIpc) is 3.72. The highest BCUT2D eigenvalue weighted by Gasteiger charge is 2.42. The second-order valence-electron chi connectivity index (χ2n) is 14.7. The van der Waals surface area contributed by atoms with Gasteiger partial charge in [0.25, 0.3) is 0 Å². The SMILES string of the molecule is C1=CCC2C=c3c4c(n(C5=NC(c6ccccc6)NC(c6ccccc6)N5)c3=CC2=C1)CCC(N1c2ccccc2C2C=Cc3ccccc3C21)=C4. The molecule has 0 spiro atoms. The van der Waals surface area contributed by atoms with Crippen LogP contribution in [0.25, 0.3) is 24.3 Å². The van der Waals surface area contributed by atoms with Gasteiger partial charge in [0.2, 0.25) is 5.96 Å². The topological polar surface area (TPSA) is 44.6 Å². The summed E-state index contributed by atoms with van der Waals surface area (Å²) in [6.45, 7) is 0. The molecule has 3 heterocycles. The Balaban J connectivity index is 1.11. The van der Waals surface area contributed by atoms with Crippen molar-refractivity contribution in [3.8, 4) is 0 Å². The molecule has 11 rings (SSSR count). The van der Waals surface area contributed by atoms with Crippen LogP contribution in [0.2, 0.25) is 0 Å². The molecule has 5 unspecified atom stereocenters. The quantitative estimate of drug-likeness (QED) is 0.204. The molecule has 2 N–H and O–H groups in total. The van der Waals surface area contributed by atoms with Gasteiger partial charge < -0.3 is 10.2 Å². The number of fused-ring (bicyclic) bond motifs is 9. The molecule has 5 atom stereocenters. The second-order valence-corrected chi connectivity index (χ2v) is 14.7. The Labute approximate surface area is 304 Å². The second kappa shape index (κ2) is 11.8. The van der Waals surface area contributed by atoms with E-state index in [2.05, 4.69) is 178 Å². The lowest BCUT2D eigenvalue weighted by atomic mass is 9.83. The molecule has 0 bridgehead atoms. The van der Waals surface area contributed by atoms with E-state index in [4.69, 9.17) is 4.99 Å². The van der Waals surface area contributed by atoms with Crippen LogP contribution >= 0.6 is 0 Å². The minimum absolute atomic E-state index is 0.100. The van der Waals surface area contributed by atoms with Gasteiger partial charge in [-0.05, 0) is 70.9 Å². The molecule has 0 saturated heterocycles. The summed E-state index contributed by atoms with van der Waals surface area (Å²) in [5.41, 5.74) is 13.2. The molecule has 252 valence electrons. The fraction of sp³-hybridized carbons (Fsp3) is 0.170. The average molecular weight is 674 g/mol. The lowest BCUT2D eigenvalue weighted by molar-refractivity contribution is 0.401. The van der Waals surface area contributed by atoms with E-state index in [9.17, 15) is 0 Å². The third kappa shape index (κ3) is 4.62. The number of aromatic nitrogens is 1. The van der Waals surface area contributed by atoms with Crippen LogP contribution in [0.5, 0.6) is 0 Å². The van der Waals surface area contributed by atoms with Gasteiger partial charge in [-0.1, -0.05) is 140 Å². The van der Waals surface area contributed by atoms with E-state index in [1.807, 2.05) is 0 Å². The maximum absolute atomic E-state index is 5.45. The first kappa shape index (κ1) is 29.8. The van der Waals surface area contributed by atoms with Crippen molar-refractivity contribution in [3.63, 3.8) is 0 Å². The number of hydrogen-bond acceptors (Lipinski definition) is 4. The monoisotopic (exact) mass is 673 g/mol. The first-order chi connectivity index (χ1) is 25.8. The Morgan fingerprint density at radius 2 is 1.52 bits per heavy atom. The molecule has 6 aliphatic rings. The number of nitrogens with zero attached hydrogens (tertiary/aromatic N) is 3. The largest absolute Gasteiger partial charge is 0.336 e. The van der Waals surface area contributed by atoms with E-state index in [1.54, 1.807) is 0 Å². The zero-order valence-corrected chi connectivity index (χ0v) is 28.9. The van der Waals surface area contributed by atoms with Crippen LogP contribution in [0.1, 0.15) is 76.2 Å². The first-order valence-corrected chi connectivity index (χ1v) is 18.7. The molecule has 5 heteroatoms. The highest BCUT2D eigenvalue weighted by molar-refractivity contribution is 5.88. The summed E-state index contributed by atoms with van der Waals surface area (Å²) < 4.78 is 2.45. The van der Waals surface area contributed by atoms with Crippen molar-refractivity contribution >= 4 is 36.0 Å². The lowest BCUT2D eigenvalue weighted by Crippen LogP contribution is -2.51. The zero-order valence-electron chi connectivity index (χ0n) is 28.9. The molecular formula is C47H39N5. The fourth-order valence-corrected chi connectivity index (χ4v) is 9.43. The molecule has 5 aromatic rings. The number of para-hydroxylation sites is 1. The van der Waals surface area contributed by atoms with Gasteiger partial charge in [0.05, 0.1) is 11.4 Å². The van der Waals surface area contributed by atoms with Crippen LogP contribution in [0.15, 0.2) is 150 Å². The molecule has 4 aliphatic carbocycles. The van der Waals surface area contributed by atoms with Gasteiger partial charge in [0, 0.05) is 39.7 Å². The highest BCUT2D eigenvalue weighted by Crippen LogP contribution is 2.55. The fourth-order valence-electron chi connectivity index (χ4n) is 9.43. The maximum Gasteiger partial charge on any atom is 0.206 e. The Kier molecular flexibility index (Phi) is 6.77. The van der Waals surface area contributed by atoms with Crippen molar-refractivity contribution in [2.45, 2.75) is 43.6 Å². The minimum atomic E-state index is -0.194. The van der Waals surface area contributed by atoms with Crippen molar-refractivity contribution in [1.82, 2.24) is 15.2 Å². The maximum atomic E-state index is 5.45. The predicted octanol–water partition coefficient (Wildman–Crippen LogP) is 8.02. The third-order valence-corrected chi connectivity index (χ3v) is 11.8.